The van der Waals surface area contributed by atoms with Crippen molar-refractivity contribution in [1.29, 1.82) is 0 Å². The van der Waals surface area contributed by atoms with Crippen LogP contribution in [-0.2, 0) is 0 Å². The smallest absolute Gasteiger partial charge is 0.00233 e. The van der Waals surface area contributed by atoms with E-state index in [4.69, 9.17) is 0 Å². The lowest BCUT2D eigenvalue weighted by atomic mass is 9.72. The fourth-order valence-corrected chi connectivity index (χ4v) is 2.06. The molecule has 0 saturated heterocycles. The minimum absolute atomic E-state index is 1.00. The third kappa shape index (κ3) is 2.82. The van der Waals surface area contributed by atoms with Gasteiger partial charge in [0.1, 0.15) is 0 Å². The van der Waals surface area contributed by atoms with Crippen LogP contribution in [0.25, 0.3) is 0 Å². The van der Waals surface area contributed by atoms with Crippen molar-refractivity contribution < 1.29 is 0 Å². The maximum atomic E-state index is 3.25. The van der Waals surface area contributed by atoms with E-state index >= 15 is 0 Å². The molecule has 0 aromatic rings. The Morgan fingerprint density at radius 3 is 2.55 bits per heavy atom. The van der Waals surface area contributed by atoms with Crippen molar-refractivity contribution in [3.8, 4) is 0 Å². The standard InChI is InChI=1S/C10H21N/c1-3-4-5-9-6-10(7-9)8-11-2/h9-11H,3-8H2,1-2H3. The Morgan fingerprint density at radius 1 is 1.27 bits per heavy atom. The van der Waals surface area contributed by atoms with Crippen LogP contribution in [0.4, 0.5) is 0 Å². The van der Waals surface area contributed by atoms with Gasteiger partial charge in [-0.25, -0.2) is 0 Å². The number of hydrogen-bond donors (Lipinski definition) is 1. The van der Waals surface area contributed by atoms with Crippen LogP contribution in [0.1, 0.15) is 39.0 Å². The summed E-state index contributed by atoms with van der Waals surface area (Å²) in [7, 11) is 2.05. The van der Waals surface area contributed by atoms with Crippen molar-refractivity contribution in [2.75, 3.05) is 13.6 Å². The van der Waals surface area contributed by atoms with Gasteiger partial charge in [-0.1, -0.05) is 26.2 Å². The lowest BCUT2D eigenvalue weighted by molar-refractivity contribution is 0.177. The maximum Gasteiger partial charge on any atom is -0.00233 e. The largest absolute Gasteiger partial charge is 0.319 e. The predicted octanol–water partition coefficient (Wildman–Crippen LogP) is 2.42. The Bertz CT molecular complexity index is 95.0. The fraction of sp³-hybridized carbons (Fsp3) is 1.00. The van der Waals surface area contributed by atoms with Crippen molar-refractivity contribution in [2.24, 2.45) is 11.8 Å². The quantitative estimate of drug-likeness (QED) is 0.643. The molecule has 0 atom stereocenters. The van der Waals surface area contributed by atoms with Gasteiger partial charge in [-0.05, 0) is 38.3 Å². The third-order valence-corrected chi connectivity index (χ3v) is 2.79. The molecule has 0 aromatic carbocycles. The molecule has 11 heavy (non-hydrogen) atoms. The Balaban J connectivity index is 1.92. The summed E-state index contributed by atoms with van der Waals surface area (Å²) in [5.41, 5.74) is 0. The normalized spacial score (nSPS) is 30.0. The summed E-state index contributed by atoms with van der Waals surface area (Å²) in [5.74, 6) is 2.08. The first-order valence-electron chi connectivity index (χ1n) is 5.01. The van der Waals surface area contributed by atoms with Crippen LogP contribution in [0.5, 0.6) is 0 Å². The lowest BCUT2D eigenvalue weighted by Gasteiger charge is -2.35. The van der Waals surface area contributed by atoms with Gasteiger partial charge >= 0.3 is 0 Å². The van der Waals surface area contributed by atoms with E-state index in [1.807, 2.05) is 0 Å². The second kappa shape index (κ2) is 4.76. The van der Waals surface area contributed by atoms with Crippen LogP contribution in [0, 0.1) is 11.8 Å². The molecule has 1 rings (SSSR count). The summed E-state index contributed by atoms with van der Waals surface area (Å²) >= 11 is 0. The summed E-state index contributed by atoms with van der Waals surface area (Å²) < 4.78 is 0. The first-order valence-corrected chi connectivity index (χ1v) is 5.01. The van der Waals surface area contributed by atoms with E-state index in [1.165, 1.54) is 38.6 Å². The average molecular weight is 155 g/mol. The van der Waals surface area contributed by atoms with E-state index in [0.717, 1.165) is 11.8 Å². The minimum Gasteiger partial charge on any atom is -0.319 e. The van der Waals surface area contributed by atoms with Crippen LogP contribution in [0.2, 0.25) is 0 Å². The fourth-order valence-electron chi connectivity index (χ4n) is 2.06. The summed E-state index contributed by atoms with van der Waals surface area (Å²) in [6.45, 7) is 3.52. The molecule has 0 aromatic heterocycles. The van der Waals surface area contributed by atoms with E-state index in [-0.39, 0.29) is 0 Å². The van der Waals surface area contributed by atoms with Gasteiger partial charge in [-0.15, -0.1) is 0 Å². The highest BCUT2D eigenvalue weighted by Crippen LogP contribution is 2.36. The zero-order chi connectivity index (χ0) is 8.10. The average Bonchev–Trinajstić information content (AvgIpc) is 1.94. The molecule has 0 bridgehead atoms. The van der Waals surface area contributed by atoms with Crippen molar-refractivity contribution in [3.63, 3.8) is 0 Å². The summed E-state index contributed by atoms with van der Waals surface area (Å²) in [5, 5.41) is 3.25. The van der Waals surface area contributed by atoms with Gasteiger partial charge in [0.25, 0.3) is 0 Å². The molecule has 1 saturated carbocycles. The molecule has 1 nitrogen and oxygen atoms in total. The SMILES string of the molecule is CCCCC1CC(CNC)C1. The number of nitrogens with one attached hydrogen (secondary N) is 1. The lowest BCUT2D eigenvalue weighted by Crippen LogP contribution is -2.31. The van der Waals surface area contributed by atoms with Crippen molar-refractivity contribution in [3.05, 3.63) is 0 Å². The van der Waals surface area contributed by atoms with Crippen LogP contribution in [0.3, 0.4) is 0 Å². The Labute approximate surface area is 70.6 Å². The van der Waals surface area contributed by atoms with E-state index in [2.05, 4.69) is 19.3 Å². The van der Waals surface area contributed by atoms with E-state index in [1.54, 1.807) is 0 Å². The Morgan fingerprint density at radius 2 is 2.00 bits per heavy atom. The summed E-state index contributed by atoms with van der Waals surface area (Å²) in [6, 6.07) is 0. The molecule has 1 aliphatic carbocycles. The molecular weight excluding hydrogens is 134 g/mol. The first kappa shape index (κ1) is 9.05. The molecule has 1 N–H and O–H groups in total. The topological polar surface area (TPSA) is 12.0 Å². The molecule has 0 radical (unpaired) electrons. The number of rotatable bonds is 5. The first-order chi connectivity index (χ1) is 5.36. The highest BCUT2D eigenvalue weighted by Gasteiger charge is 2.27. The second-order valence-electron chi connectivity index (χ2n) is 3.90. The maximum absolute atomic E-state index is 3.25. The van der Waals surface area contributed by atoms with Gasteiger partial charge < -0.3 is 5.32 Å². The van der Waals surface area contributed by atoms with Gasteiger partial charge in [0.05, 0.1) is 0 Å². The van der Waals surface area contributed by atoms with Crippen LogP contribution in [0.15, 0.2) is 0 Å². The minimum atomic E-state index is 1.00. The molecule has 0 aliphatic heterocycles. The summed E-state index contributed by atoms with van der Waals surface area (Å²) in [6.07, 6.45) is 7.27. The summed E-state index contributed by atoms with van der Waals surface area (Å²) in [4.78, 5) is 0. The third-order valence-electron chi connectivity index (χ3n) is 2.79. The van der Waals surface area contributed by atoms with Gasteiger partial charge in [0.2, 0.25) is 0 Å². The highest BCUT2D eigenvalue weighted by atomic mass is 14.8. The number of unbranched alkanes of at least 4 members (excludes halogenated alkanes) is 1. The van der Waals surface area contributed by atoms with Crippen molar-refractivity contribution >= 4 is 0 Å². The Hall–Kier alpha value is -0.0400. The molecule has 66 valence electrons. The molecule has 1 fully saturated rings. The van der Waals surface area contributed by atoms with Gasteiger partial charge in [-0.3, -0.25) is 0 Å². The molecule has 0 spiro atoms. The predicted molar refractivity (Wildman–Crippen MR) is 49.7 cm³/mol. The van der Waals surface area contributed by atoms with E-state index < -0.39 is 0 Å². The van der Waals surface area contributed by atoms with Crippen LogP contribution in [-0.4, -0.2) is 13.6 Å². The second-order valence-corrected chi connectivity index (χ2v) is 3.90. The van der Waals surface area contributed by atoms with Gasteiger partial charge in [0.15, 0.2) is 0 Å². The molecule has 0 amide bonds. The van der Waals surface area contributed by atoms with Crippen LogP contribution < -0.4 is 5.32 Å². The molecule has 1 heteroatoms. The number of hydrogen-bond acceptors (Lipinski definition) is 1. The molecule has 1 aliphatic rings. The van der Waals surface area contributed by atoms with Gasteiger partial charge in [-0.2, -0.15) is 0 Å². The molecule has 0 unspecified atom stereocenters. The highest BCUT2D eigenvalue weighted by molar-refractivity contribution is 4.80. The van der Waals surface area contributed by atoms with Crippen LogP contribution >= 0.6 is 0 Å². The van der Waals surface area contributed by atoms with E-state index in [9.17, 15) is 0 Å². The zero-order valence-corrected chi connectivity index (χ0v) is 7.90. The Kier molecular flexibility index (Phi) is 3.92. The molecule has 0 heterocycles. The molecular formula is C10H21N. The van der Waals surface area contributed by atoms with Gasteiger partial charge in [0, 0.05) is 0 Å². The van der Waals surface area contributed by atoms with Crippen molar-refractivity contribution in [1.82, 2.24) is 5.32 Å². The monoisotopic (exact) mass is 155 g/mol. The van der Waals surface area contributed by atoms with Crippen molar-refractivity contribution in [2.45, 2.75) is 39.0 Å². The van der Waals surface area contributed by atoms with E-state index in [0.29, 0.717) is 0 Å². The zero-order valence-electron chi connectivity index (χ0n) is 7.90.